The first kappa shape index (κ1) is 15.4. The van der Waals surface area contributed by atoms with Crippen LogP contribution in [0.3, 0.4) is 0 Å². The van der Waals surface area contributed by atoms with Gasteiger partial charge in [0, 0.05) is 6.04 Å². The van der Waals surface area contributed by atoms with Crippen LogP contribution in [0.1, 0.15) is 30.9 Å². The predicted octanol–water partition coefficient (Wildman–Crippen LogP) is 1.89. The Morgan fingerprint density at radius 2 is 2.05 bits per heavy atom. The fourth-order valence-electron chi connectivity index (χ4n) is 1.85. The molecular formula is C16H21NO4. The topological polar surface area (TPSA) is 64.6 Å². The van der Waals surface area contributed by atoms with Crippen molar-refractivity contribution in [3.8, 4) is 5.75 Å². The van der Waals surface area contributed by atoms with Gasteiger partial charge in [-0.15, -0.1) is 0 Å². The molecule has 0 aromatic heterocycles. The first-order valence-electron chi connectivity index (χ1n) is 7.16. The fraction of sp³-hybridized carbons (Fsp3) is 0.500. The number of aryl methyl sites for hydroxylation is 1. The molecule has 0 aliphatic heterocycles. The minimum atomic E-state index is -0.791. The van der Waals surface area contributed by atoms with Gasteiger partial charge in [0.25, 0.3) is 5.91 Å². The second kappa shape index (κ2) is 6.61. The Kier molecular flexibility index (Phi) is 4.83. The molecule has 1 aliphatic carbocycles. The molecule has 1 aromatic carbocycles. The molecule has 1 atom stereocenters. The molecule has 21 heavy (non-hydrogen) atoms. The number of carbonyl (C=O) groups excluding carboxylic acids is 2. The van der Waals surface area contributed by atoms with E-state index in [2.05, 4.69) is 5.32 Å². The Morgan fingerprint density at radius 1 is 1.33 bits per heavy atom. The lowest BCUT2D eigenvalue weighted by molar-refractivity contribution is -0.156. The van der Waals surface area contributed by atoms with Crippen LogP contribution in [-0.4, -0.2) is 30.6 Å². The summed E-state index contributed by atoms with van der Waals surface area (Å²) in [6.45, 7) is 5.27. The summed E-state index contributed by atoms with van der Waals surface area (Å²) in [5.74, 6) is -0.144. The maximum Gasteiger partial charge on any atom is 0.344 e. The molecule has 1 N–H and O–H groups in total. The molecule has 0 saturated heterocycles. The lowest BCUT2D eigenvalue weighted by atomic mass is 10.1. The quantitative estimate of drug-likeness (QED) is 0.813. The summed E-state index contributed by atoms with van der Waals surface area (Å²) in [6.07, 6.45) is 1.21. The number of esters is 1. The lowest BCUT2D eigenvalue weighted by Gasteiger charge is -2.14. The number of amides is 1. The van der Waals surface area contributed by atoms with Crippen molar-refractivity contribution in [3.63, 3.8) is 0 Å². The maximum atomic E-state index is 11.7. The lowest BCUT2D eigenvalue weighted by Crippen LogP contribution is -2.37. The molecule has 1 aliphatic rings. The van der Waals surface area contributed by atoms with Crippen LogP contribution in [0.2, 0.25) is 0 Å². The number of rotatable bonds is 6. The largest absolute Gasteiger partial charge is 0.482 e. The Hall–Kier alpha value is -2.04. The van der Waals surface area contributed by atoms with Gasteiger partial charge in [0.1, 0.15) is 5.75 Å². The summed E-state index contributed by atoms with van der Waals surface area (Å²) >= 11 is 0. The second-order valence-corrected chi connectivity index (χ2v) is 5.40. The molecular weight excluding hydrogens is 270 g/mol. The molecule has 5 heteroatoms. The Labute approximate surface area is 124 Å². The van der Waals surface area contributed by atoms with Crippen LogP contribution in [0, 0.1) is 13.8 Å². The zero-order chi connectivity index (χ0) is 15.4. The minimum absolute atomic E-state index is 0.203. The standard InChI is InChI=1S/C16H21NO4/c1-10-5-4-6-14(11(10)2)20-9-15(18)21-12(3)16(19)17-13-7-8-13/h4-6,12-13H,7-9H2,1-3H3,(H,17,19)/t12-/m0/s1. The van der Waals surface area contributed by atoms with Crippen LogP contribution in [0.25, 0.3) is 0 Å². The summed E-state index contributed by atoms with van der Waals surface area (Å²) in [4.78, 5) is 23.4. The van der Waals surface area contributed by atoms with Crippen molar-refractivity contribution in [3.05, 3.63) is 29.3 Å². The molecule has 0 heterocycles. The van der Waals surface area contributed by atoms with Gasteiger partial charge in [-0.3, -0.25) is 4.79 Å². The van der Waals surface area contributed by atoms with Crippen LogP contribution >= 0.6 is 0 Å². The van der Waals surface area contributed by atoms with E-state index in [1.165, 1.54) is 0 Å². The van der Waals surface area contributed by atoms with Crippen LogP contribution in [-0.2, 0) is 14.3 Å². The predicted molar refractivity (Wildman–Crippen MR) is 78.1 cm³/mol. The zero-order valence-corrected chi connectivity index (χ0v) is 12.6. The monoisotopic (exact) mass is 291 g/mol. The Bertz CT molecular complexity index is 537. The summed E-state index contributed by atoms with van der Waals surface area (Å²) in [5.41, 5.74) is 2.09. The van der Waals surface area contributed by atoms with Crippen molar-refractivity contribution in [1.82, 2.24) is 5.32 Å². The first-order chi connectivity index (χ1) is 9.97. The normalized spacial score (nSPS) is 15.2. The van der Waals surface area contributed by atoms with E-state index in [-0.39, 0.29) is 18.6 Å². The molecule has 1 saturated carbocycles. The van der Waals surface area contributed by atoms with Crippen molar-refractivity contribution in [2.24, 2.45) is 0 Å². The van der Waals surface area contributed by atoms with Crippen LogP contribution in [0.4, 0.5) is 0 Å². The second-order valence-electron chi connectivity index (χ2n) is 5.40. The van der Waals surface area contributed by atoms with E-state index in [1.807, 2.05) is 26.0 Å². The SMILES string of the molecule is Cc1cccc(OCC(=O)O[C@@H](C)C(=O)NC2CC2)c1C. The van der Waals surface area contributed by atoms with Gasteiger partial charge in [-0.1, -0.05) is 12.1 Å². The fourth-order valence-corrected chi connectivity index (χ4v) is 1.85. The van der Waals surface area contributed by atoms with Gasteiger partial charge in [-0.05, 0) is 50.8 Å². The van der Waals surface area contributed by atoms with Gasteiger partial charge >= 0.3 is 5.97 Å². The van der Waals surface area contributed by atoms with Crippen molar-refractivity contribution in [2.75, 3.05) is 6.61 Å². The highest BCUT2D eigenvalue weighted by Crippen LogP contribution is 2.20. The van der Waals surface area contributed by atoms with Gasteiger partial charge in [0.2, 0.25) is 0 Å². The highest BCUT2D eigenvalue weighted by atomic mass is 16.6. The first-order valence-corrected chi connectivity index (χ1v) is 7.16. The number of carbonyl (C=O) groups is 2. The van der Waals surface area contributed by atoms with Crippen LogP contribution in [0.15, 0.2) is 18.2 Å². The van der Waals surface area contributed by atoms with Gasteiger partial charge in [0.05, 0.1) is 0 Å². The summed E-state index contributed by atoms with van der Waals surface area (Å²) in [6, 6.07) is 5.91. The highest BCUT2D eigenvalue weighted by Gasteiger charge is 2.27. The van der Waals surface area contributed by atoms with E-state index in [1.54, 1.807) is 13.0 Å². The molecule has 114 valence electrons. The van der Waals surface area contributed by atoms with Crippen molar-refractivity contribution < 1.29 is 19.1 Å². The van der Waals surface area contributed by atoms with E-state index in [9.17, 15) is 9.59 Å². The number of ether oxygens (including phenoxy) is 2. The van der Waals surface area contributed by atoms with Crippen molar-refractivity contribution >= 4 is 11.9 Å². The average molecular weight is 291 g/mol. The molecule has 1 fully saturated rings. The summed E-state index contributed by atoms with van der Waals surface area (Å²) in [5, 5.41) is 2.79. The summed E-state index contributed by atoms with van der Waals surface area (Å²) < 4.78 is 10.5. The zero-order valence-electron chi connectivity index (χ0n) is 12.6. The molecule has 1 amide bonds. The molecule has 5 nitrogen and oxygen atoms in total. The third-order valence-electron chi connectivity index (χ3n) is 3.50. The molecule has 0 spiro atoms. The van der Waals surface area contributed by atoms with E-state index >= 15 is 0 Å². The maximum absolute atomic E-state index is 11.7. The molecule has 0 bridgehead atoms. The van der Waals surface area contributed by atoms with E-state index in [0.29, 0.717) is 5.75 Å². The van der Waals surface area contributed by atoms with Crippen LogP contribution < -0.4 is 10.1 Å². The molecule has 0 unspecified atom stereocenters. The average Bonchev–Trinajstić information content (AvgIpc) is 3.24. The number of nitrogens with one attached hydrogen (secondary N) is 1. The van der Waals surface area contributed by atoms with E-state index in [4.69, 9.17) is 9.47 Å². The highest BCUT2D eigenvalue weighted by molar-refractivity contribution is 5.84. The number of benzene rings is 1. The van der Waals surface area contributed by atoms with E-state index < -0.39 is 12.1 Å². The number of hydrogen-bond donors (Lipinski definition) is 1. The number of hydrogen-bond acceptors (Lipinski definition) is 4. The molecule has 1 aromatic rings. The molecule has 2 rings (SSSR count). The summed E-state index contributed by atoms with van der Waals surface area (Å²) in [7, 11) is 0. The Balaban J connectivity index is 1.78. The smallest absolute Gasteiger partial charge is 0.344 e. The van der Waals surface area contributed by atoms with Crippen molar-refractivity contribution in [2.45, 2.75) is 45.8 Å². The Morgan fingerprint density at radius 3 is 2.71 bits per heavy atom. The minimum Gasteiger partial charge on any atom is -0.482 e. The van der Waals surface area contributed by atoms with Gasteiger partial charge < -0.3 is 14.8 Å². The van der Waals surface area contributed by atoms with E-state index in [0.717, 1.165) is 24.0 Å². The van der Waals surface area contributed by atoms with Gasteiger partial charge in [0.15, 0.2) is 12.7 Å². The van der Waals surface area contributed by atoms with Gasteiger partial charge in [-0.25, -0.2) is 4.79 Å². The molecule has 0 radical (unpaired) electrons. The van der Waals surface area contributed by atoms with Gasteiger partial charge in [-0.2, -0.15) is 0 Å². The third-order valence-corrected chi connectivity index (χ3v) is 3.50. The third kappa shape index (κ3) is 4.48. The van der Waals surface area contributed by atoms with Crippen molar-refractivity contribution in [1.29, 1.82) is 0 Å². The van der Waals surface area contributed by atoms with Crippen LogP contribution in [0.5, 0.6) is 5.75 Å².